The lowest BCUT2D eigenvalue weighted by Crippen LogP contribution is -2.33. The normalized spacial score (nSPS) is 14.3. The molecule has 0 spiro atoms. The van der Waals surface area contributed by atoms with Gasteiger partial charge >= 0.3 is 0 Å². The van der Waals surface area contributed by atoms with Crippen LogP contribution >= 0.6 is 11.6 Å². The molecule has 1 aliphatic rings. The fourth-order valence-corrected chi connectivity index (χ4v) is 3.82. The van der Waals surface area contributed by atoms with E-state index in [1.165, 1.54) is 0 Å². The minimum absolute atomic E-state index is 0.170. The Hall–Kier alpha value is -2.66. The highest BCUT2D eigenvalue weighted by atomic mass is 35.5. The molecule has 144 valence electrons. The Morgan fingerprint density at radius 1 is 1.04 bits per heavy atom. The number of benzene rings is 2. The van der Waals surface area contributed by atoms with Gasteiger partial charge in [0.05, 0.1) is 5.52 Å². The molecule has 5 nitrogen and oxygen atoms in total. The SMILES string of the molecule is O=C(NCCNc1nc(-c2ccccc2)nc2cc(Cl)ccc12)C1CCCC1. The third-order valence-corrected chi connectivity index (χ3v) is 5.37. The summed E-state index contributed by atoms with van der Waals surface area (Å²) in [6, 6.07) is 15.5. The number of rotatable bonds is 6. The Balaban J connectivity index is 1.51. The monoisotopic (exact) mass is 394 g/mol. The largest absolute Gasteiger partial charge is 0.368 e. The van der Waals surface area contributed by atoms with Crippen LogP contribution in [0.3, 0.4) is 0 Å². The van der Waals surface area contributed by atoms with E-state index in [0.717, 1.165) is 48.0 Å². The molecule has 0 atom stereocenters. The summed E-state index contributed by atoms with van der Waals surface area (Å²) in [5.74, 6) is 1.75. The van der Waals surface area contributed by atoms with Crippen molar-refractivity contribution in [3.8, 4) is 11.4 Å². The predicted octanol–water partition coefficient (Wildman–Crippen LogP) is 4.67. The molecule has 0 unspecified atom stereocenters. The van der Waals surface area contributed by atoms with Crippen molar-refractivity contribution in [1.29, 1.82) is 0 Å². The van der Waals surface area contributed by atoms with E-state index in [0.29, 0.717) is 23.9 Å². The molecule has 2 N–H and O–H groups in total. The zero-order valence-corrected chi connectivity index (χ0v) is 16.4. The fourth-order valence-electron chi connectivity index (χ4n) is 3.65. The van der Waals surface area contributed by atoms with Crippen molar-refractivity contribution in [2.24, 2.45) is 5.92 Å². The average molecular weight is 395 g/mol. The minimum atomic E-state index is 0.170. The van der Waals surface area contributed by atoms with Crippen LogP contribution in [0.1, 0.15) is 25.7 Å². The van der Waals surface area contributed by atoms with Gasteiger partial charge in [0.1, 0.15) is 5.82 Å². The van der Waals surface area contributed by atoms with Crippen LogP contribution in [0.2, 0.25) is 5.02 Å². The number of nitrogens with one attached hydrogen (secondary N) is 2. The lowest BCUT2D eigenvalue weighted by atomic mass is 10.1. The van der Waals surface area contributed by atoms with Crippen LogP contribution < -0.4 is 10.6 Å². The molecule has 1 aliphatic carbocycles. The Morgan fingerprint density at radius 2 is 1.82 bits per heavy atom. The lowest BCUT2D eigenvalue weighted by molar-refractivity contribution is -0.124. The van der Waals surface area contributed by atoms with Gasteiger partial charge in [-0.1, -0.05) is 54.8 Å². The van der Waals surface area contributed by atoms with Gasteiger partial charge in [0.2, 0.25) is 5.91 Å². The van der Waals surface area contributed by atoms with Gasteiger partial charge < -0.3 is 10.6 Å². The Morgan fingerprint density at radius 3 is 2.61 bits per heavy atom. The average Bonchev–Trinajstić information content (AvgIpc) is 3.26. The maximum absolute atomic E-state index is 12.2. The van der Waals surface area contributed by atoms with E-state index < -0.39 is 0 Å². The van der Waals surface area contributed by atoms with Gasteiger partial charge in [0, 0.05) is 35.0 Å². The molecule has 0 aliphatic heterocycles. The molecule has 0 saturated heterocycles. The topological polar surface area (TPSA) is 66.9 Å². The molecule has 1 heterocycles. The molecule has 3 aromatic rings. The Kier molecular flexibility index (Phi) is 5.72. The summed E-state index contributed by atoms with van der Waals surface area (Å²) in [7, 11) is 0. The number of carbonyl (C=O) groups excluding carboxylic acids is 1. The number of anilines is 1. The first kappa shape index (κ1) is 18.7. The van der Waals surface area contributed by atoms with Gasteiger partial charge in [-0.2, -0.15) is 0 Å². The molecule has 1 saturated carbocycles. The van der Waals surface area contributed by atoms with Gasteiger partial charge in [-0.15, -0.1) is 0 Å². The molecule has 4 rings (SSSR count). The molecule has 0 radical (unpaired) electrons. The number of nitrogens with zero attached hydrogens (tertiary/aromatic N) is 2. The molecular weight excluding hydrogens is 372 g/mol. The van der Waals surface area contributed by atoms with Gasteiger partial charge in [0.15, 0.2) is 5.82 Å². The lowest BCUT2D eigenvalue weighted by Gasteiger charge is -2.13. The van der Waals surface area contributed by atoms with Crippen LogP contribution in [0, 0.1) is 5.92 Å². The van der Waals surface area contributed by atoms with E-state index in [-0.39, 0.29) is 11.8 Å². The quantitative estimate of drug-likeness (QED) is 0.596. The highest BCUT2D eigenvalue weighted by molar-refractivity contribution is 6.31. The summed E-state index contributed by atoms with van der Waals surface area (Å²) in [5, 5.41) is 7.93. The van der Waals surface area contributed by atoms with Crippen LogP contribution in [0.4, 0.5) is 5.82 Å². The maximum atomic E-state index is 12.2. The van der Waals surface area contributed by atoms with Crippen molar-refractivity contribution in [2.75, 3.05) is 18.4 Å². The third-order valence-electron chi connectivity index (χ3n) is 5.13. The van der Waals surface area contributed by atoms with E-state index in [4.69, 9.17) is 16.6 Å². The molecule has 2 aromatic carbocycles. The molecular formula is C22H23ClN4O. The number of fused-ring (bicyclic) bond motifs is 1. The molecule has 1 amide bonds. The molecule has 28 heavy (non-hydrogen) atoms. The van der Waals surface area contributed by atoms with Crippen molar-refractivity contribution in [3.05, 3.63) is 53.6 Å². The third kappa shape index (κ3) is 4.25. The van der Waals surface area contributed by atoms with Crippen molar-refractivity contribution in [2.45, 2.75) is 25.7 Å². The van der Waals surface area contributed by atoms with Crippen LogP contribution in [0.15, 0.2) is 48.5 Å². The van der Waals surface area contributed by atoms with E-state index >= 15 is 0 Å². The van der Waals surface area contributed by atoms with E-state index in [2.05, 4.69) is 15.6 Å². The predicted molar refractivity (Wildman–Crippen MR) is 113 cm³/mol. The second-order valence-corrected chi connectivity index (χ2v) is 7.56. The fraction of sp³-hybridized carbons (Fsp3) is 0.318. The van der Waals surface area contributed by atoms with Gasteiger partial charge in [0.25, 0.3) is 0 Å². The van der Waals surface area contributed by atoms with Crippen LogP contribution in [-0.2, 0) is 4.79 Å². The summed E-state index contributed by atoms with van der Waals surface area (Å²) in [4.78, 5) is 21.6. The van der Waals surface area contributed by atoms with Crippen molar-refractivity contribution >= 4 is 34.2 Å². The van der Waals surface area contributed by atoms with Crippen LogP contribution in [0.25, 0.3) is 22.3 Å². The summed E-state index contributed by atoms with van der Waals surface area (Å²) in [5.41, 5.74) is 1.74. The van der Waals surface area contributed by atoms with Gasteiger partial charge in [-0.3, -0.25) is 4.79 Å². The number of halogens is 1. The van der Waals surface area contributed by atoms with Gasteiger partial charge in [-0.25, -0.2) is 9.97 Å². The molecule has 0 bridgehead atoms. The van der Waals surface area contributed by atoms with E-state index in [1.807, 2.05) is 48.5 Å². The maximum Gasteiger partial charge on any atom is 0.223 e. The number of amides is 1. The number of hydrogen-bond donors (Lipinski definition) is 2. The summed E-state index contributed by atoms with van der Waals surface area (Å²) in [6.45, 7) is 1.16. The second kappa shape index (κ2) is 8.57. The van der Waals surface area contributed by atoms with E-state index in [9.17, 15) is 4.79 Å². The van der Waals surface area contributed by atoms with Crippen molar-refractivity contribution in [3.63, 3.8) is 0 Å². The molecule has 1 fully saturated rings. The summed E-state index contributed by atoms with van der Waals surface area (Å²) in [6.07, 6.45) is 4.34. The zero-order chi connectivity index (χ0) is 19.3. The molecule has 1 aromatic heterocycles. The van der Waals surface area contributed by atoms with Crippen molar-refractivity contribution < 1.29 is 4.79 Å². The molecule has 6 heteroatoms. The Labute approximate surface area is 169 Å². The first-order valence-electron chi connectivity index (χ1n) is 9.75. The first-order valence-corrected chi connectivity index (χ1v) is 10.1. The highest BCUT2D eigenvalue weighted by Crippen LogP contribution is 2.27. The van der Waals surface area contributed by atoms with E-state index in [1.54, 1.807) is 0 Å². The minimum Gasteiger partial charge on any atom is -0.368 e. The van der Waals surface area contributed by atoms with Crippen LogP contribution in [-0.4, -0.2) is 29.0 Å². The Bertz CT molecular complexity index is 971. The number of carbonyl (C=O) groups is 1. The van der Waals surface area contributed by atoms with Gasteiger partial charge in [-0.05, 0) is 31.0 Å². The number of aromatic nitrogens is 2. The zero-order valence-electron chi connectivity index (χ0n) is 15.6. The highest BCUT2D eigenvalue weighted by Gasteiger charge is 2.21. The van der Waals surface area contributed by atoms with Crippen LogP contribution in [0.5, 0.6) is 0 Å². The van der Waals surface area contributed by atoms with Crippen molar-refractivity contribution in [1.82, 2.24) is 15.3 Å². The smallest absolute Gasteiger partial charge is 0.223 e. The second-order valence-electron chi connectivity index (χ2n) is 7.12. The summed E-state index contributed by atoms with van der Waals surface area (Å²) >= 11 is 6.16. The number of hydrogen-bond acceptors (Lipinski definition) is 4. The standard InChI is InChI=1S/C22H23ClN4O/c23-17-10-11-18-19(14-17)26-20(15-6-2-1-3-7-15)27-21(18)24-12-13-25-22(28)16-8-4-5-9-16/h1-3,6-7,10-11,14,16H,4-5,8-9,12-13H2,(H,25,28)(H,24,26,27). The summed E-state index contributed by atoms with van der Waals surface area (Å²) < 4.78 is 0. The first-order chi connectivity index (χ1) is 13.7.